The molecule has 1 aliphatic rings. The zero-order valence-electron chi connectivity index (χ0n) is 29.1. The second-order valence-corrected chi connectivity index (χ2v) is 12.5. The van der Waals surface area contributed by atoms with Gasteiger partial charge in [-0.05, 0) is 71.8 Å². The molecular weight excluding hydrogens is 712 g/mol. The van der Waals surface area contributed by atoms with Gasteiger partial charge in [0.15, 0.2) is 11.6 Å². The summed E-state index contributed by atoms with van der Waals surface area (Å²) in [4.78, 5) is 78.9. The molecule has 10 nitrogen and oxygen atoms in total. The van der Waals surface area contributed by atoms with Crippen LogP contribution in [0.4, 0.5) is 0 Å². The summed E-state index contributed by atoms with van der Waals surface area (Å²) in [5.74, 6) is -1.91. The fraction of sp³-hybridized carbons (Fsp3) is 0. The summed E-state index contributed by atoms with van der Waals surface area (Å²) in [6.07, 6.45) is 6.24. The van der Waals surface area contributed by atoms with E-state index in [1.807, 2.05) is 12.1 Å². The van der Waals surface area contributed by atoms with Crippen molar-refractivity contribution in [3.8, 4) is 23.0 Å². The first-order chi connectivity index (χ1) is 27.2. The van der Waals surface area contributed by atoms with Crippen LogP contribution in [-0.2, 0) is 4.74 Å². The fourth-order valence-electron chi connectivity index (χ4n) is 6.27. The Morgan fingerprint density at radius 3 is 1.23 bits per heavy atom. The van der Waals surface area contributed by atoms with Crippen LogP contribution in [0.15, 0.2) is 160 Å². The maximum atomic E-state index is 13.6. The molecule has 0 spiro atoms. The lowest BCUT2D eigenvalue weighted by molar-refractivity contribution is 0.0399. The number of hydrogen-bond donors (Lipinski definition) is 0. The van der Waals surface area contributed by atoms with Crippen molar-refractivity contribution in [2.45, 2.75) is 0 Å². The van der Waals surface area contributed by atoms with Gasteiger partial charge in [-0.2, -0.15) is 0 Å². The molecule has 0 unspecified atom stereocenters. The Hall–Kier alpha value is -7.98. The average Bonchev–Trinajstić information content (AvgIpc) is 3.33. The smallest absolute Gasteiger partial charge is 0.347 e. The molecule has 0 radical (unpaired) electrons. The summed E-state index contributed by atoms with van der Waals surface area (Å²) in [5, 5.41) is -0.792. The van der Waals surface area contributed by atoms with Crippen molar-refractivity contribution < 1.29 is 37.8 Å². The summed E-state index contributed by atoms with van der Waals surface area (Å²) in [6, 6.07) is 36.4. The molecule has 0 N–H and O–H groups in total. The van der Waals surface area contributed by atoms with Gasteiger partial charge < -0.3 is 18.6 Å². The molecule has 7 aromatic rings. The highest BCUT2D eigenvalue weighted by Gasteiger charge is 2.30. The molecule has 0 fully saturated rings. The second-order valence-electron chi connectivity index (χ2n) is 12.5. The molecule has 2 heterocycles. The van der Waals surface area contributed by atoms with E-state index in [1.165, 1.54) is 36.4 Å². The lowest BCUT2D eigenvalue weighted by Gasteiger charge is -2.13. The number of rotatable bonds is 10. The minimum absolute atomic E-state index is 0.0340. The van der Waals surface area contributed by atoms with E-state index in [4.69, 9.17) is 18.6 Å². The molecule has 0 amide bonds. The summed E-state index contributed by atoms with van der Waals surface area (Å²) >= 11 is 0. The van der Waals surface area contributed by atoms with Gasteiger partial charge in [-0.15, -0.1) is 0 Å². The van der Waals surface area contributed by atoms with E-state index in [9.17, 15) is 28.8 Å². The van der Waals surface area contributed by atoms with Gasteiger partial charge in [0.25, 0.3) is 0 Å². The van der Waals surface area contributed by atoms with Crippen molar-refractivity contribution >= 4 is 57.2 Å². The summed E-state index contributed by atoms with van der Waals surface area (Å²) in [7, 11) is 0. The SMILES string of the molecule is O=C(C=Cc1ccc(Oc2ccc3c4c(=O)oc(=O)c5c(ccc(Oc6ccc(C=CC(=O)c7ccccc7)cc6)c5c24)C(=O)OC3=O)cc1)c1ccccc1. The highest BCUT2D eigenvalue weighted by atomic mass is 16.6. The Kier molecular flexibility index (Phi) is 9.27. The van der Waals surface area contributed by atoms with E-state index in [0.717, 1.165) is 0 Å². The van der Waals surface area contributed by atoms with E-state index in [2.05, 4.69) is 0 Å². The van der Waals surface area contributed by atoms with Gasteiger partial charge >= 0.3 is 23.2 Å². The Labute approximate surface area is 317 Å². The van der Waals surface area contributed by atoms with Crippen molar-refractivity contribution in [3.63, 3.8) is 0 Å². The Bertz CT molecular complexity index is 2710. The number of ketones is 2. The first kappa shape index (κ1) is 35.1. The third kappa shape index (κ3) is 6.93. The standard InChI is InChI=1S/C46H26O10/c47-35(29-7-3-1-4-8-29)23-15-27-11-17-31(18-12-27)53-37-25-21-33-39-41(37)42-38(26-22-34(44(50)55-43(33)49)40(42)46(52)56-45(39)51)54-32-19-13-28(14-20-32)16-24-36(48)30-9-5-2-6-10-30/h1-26H. The highest BCUT2D eigenvalue weighted by molar-refractivity contribution is 6.23. The molecule has 0 aliphatic carbocycles. The number of carbonyl (C=O) groups is 4. The van der Waals surface area contributed by atoms with Crippen molar-refractivity contribution in [2.75, 3.05) is 0 Å². The van der Waals surface area contributed by atoms with Crippen molar-refractivity contribution in [1.29, 1.82) is 0 Å². The molecule has 0 saturated heterocycles. The van der Waals surface area contributed by atoms with Crippen molar-refractivity contribution in [3.05, 3.63) is 200 Å². The molecule has 1 aromatic heterocycles. The number of ether oxygens (including phenoxy) is 3. The molecule has 0 saturated carbocycles. The van der Waals surface area contributed by atoms with E-state index in [0.29, 0.717) is 33.8 Å². The third-order valence-electron chi connectivity index (χ3n) is 8.99. The van der Waals surface area contributed by atoms with Gasteiger partial charge in [-0.25, -0.2) is 19.2 Å². The zero-order chi connectivity index (χ0) is 38.8. The largest absolute Gasteiger partial charge is 0.457 e. The minimum atomic E-state index is -1.16. The van der Waals surface area contributed by atoms with E-state index < -0.39 is 23.2 Å². The molecule has 6 bridgehead atoms. The molecule has 0 atom stereocenters. The monoisotopic (exact) mass is 738 g/mol. The predicted molar refractivity (Wildman–Crippen MR) is 209 cm³/mol. The van der Waals surface area contributed by atoms with Crippen LogP contribution >= 0.6 is 0 Å². The lowest BCUT2D eigenvalue weighted by Crippen LogP contribution is -2.18. The van der Waals surface area contributed by atoms with Crippen LogP contribution in [0.25, 0.3) is 33.7 Å². The minimum Gasteiger partial charge on any atom is -0.457 e. The van der Waals surface area contributed by atoms with Gasteiger partial charge in [0.1, 0.15) is 23.0 Å². The van der Waals surface area contributed by atoms with Gasteiger partial charge in [0, 0.05) is 21.9 Å². The number of benzene rings is 6. The van der Waals surface area contributed by atoms with Crippen LogP contribution in [0.2, 0.25) is 0 Å². The number of cyclic esters (lactones) is 2. The van der Waals surface area contributed by atoms with Gasteiger partial charge in [0.05, 0.1) is 21.9 Å². The maximum absolute atomic E-state index is 13.6. The van der Waals surface area contributed by atoms with Crippen molar-refractivity contribution in [2.24, 2.45) is 0 Å². The van der Waals surface area contributed by atoms with Crippen molar-refractivity contribution in [1.82, 2.24) is 0 Å². The molecule has 1 aliphatic heterocycles. The molecule has 6 aromatic carbocycles. The van der Waals surface area contributed by atoms with Crippen LogP contribution in [0.3, 0.4) is 0 Å². The van der Waals surface area contributed by atoms with Gasteiger partial charge in [-0.3, -0.25) is 9.59 Å². The summed E-state index contributed by atoms with van der Waals surface area (Å²) in [6.45, 7) is 0. The first-order valence-electron chi connectivity index (χ1n) is 17.2. The Morgan fingerprint density at radius 2 is 0.839 bits per heavy atom. The Morgan fingerprint density at radius 1 is 0.446 bits per heavy atom. The molecule has 270 valence electrons. The second kappa shape index (κ2) is 14.8. The number of carbonyl (C=O) groups excluding carboxylic acids is 4. The number of hydrogen-bond acceptors (Lipinski definition) is 10. The van der Waals surface area contributed by atoms with E-state index in [-0.39, 0.29) is 55.7 Å². The quantitative estimate of drug-likeness (QED) is 0.0577. The summed E-state index contributed by atoms with van der Waals surface area (Å²) < 4.78 is 22.9. The molecule has 10 heteroatoms. The maximum Gasteiger partial charge on any atom is 0.347 e. The highest BCUT2D eigenvalue weighted by Crippen LogP contribution is 2.42. The summed E-state index contributed by atoms with van der Waals surface area (Å²) in [5.41, 5.74) is -0.474. The molecule has 56 heavy (non-hydrogen) atoms. The third-order valence-corrected chi connectivity index (χ3v) is 8.99. The van der Waals surface area contributed by atoms with Crippen LogP contribution < -0.4 is 20.7 Å². The zero-order valence-corrected chi connectivity index (χ0v) is 29.1. The fourth-order valence-corrected chi connectivity index (χ4v) is 6.27. The lowest BCUT2D eigenvalue weighted by atomic mass is 9.99. The van der Waals surface area contributed by atoms with Crippen LogP contribution in [0, 0.1) is 0 Å². The first-order valence-corrected chi connectivity index (χ1v) is 17.2. The van der Waals surface area contributed by atoms with Gasteiger partial charge in [-0.1, -0.05) is 97.1 Å². The number of esters is 2. The van der Waals surface area contributed by atoms with Crippen LogP contribution in [-0.4, -0.2) is 23.5 Å². The topological polar surface area (TPSA) is 143 Å². The van der Waals surface area contributed by atoms with E-state index >= 15 is 0 Å². The van der Waals surface area contributed by atoms with Crippen LogP contribution in [0.5, 0.6) is 23.0 Å². The normalized spacial score (nSPS) is 12.3. The van der Waals surface area contributed by atoms with Crippen LogP contribution in [0.1, 0.15) is 52.6 Å². The Balaban J connectivity index is 1.20. The average molecular weight is 739 g/mol. The molecule has 8 rings (SSSR count). The van der Waals surface area contributed by atoms with E-state index in [1.54, 1.807) is 109 Å². The molecular formula is C46H26O10. The predicted octanol–water partition coefficient (Wildman–Crippen LogP) is 8.99. The number of allylic oxidation sites excluding steroid dienone is 2. The van der Waals surface area contributed by atoms with Gasteiger partial charge in [0.2, 0.25) is 0 Å².